The molecule has 1 aromatic heterocycles. The molecule has 2 aromatic rings. The van der Waals surface area contributed by atoms with E-state index in [1.807, 2.05) is 18.2 Å². The molecule has 0 unspecified atom stereocenters. The zero-order valence-corrected chi connectivity index (χ0v) is 19.1. The third kappa shape index (κ3) is 3.37. The highest BCUT2D eigenvalue weighted by atomic mass is 79.9. The smallest absolute Gasteiger partial charge is 0.315 e. The van der Waals surface area contributed by atoms with E-state index in [-0.39, 0.29) is 17.6 Å². The molecule has 2 fully saturated rings. The second-order valence-electron chi connectivity index (χ2n) is 8.38. The van der Waals surface area contributed by atoms with Gasteiger partial charge in [-0.3, -0.25) is 4.90 Å². The maximum absolute atomic E-state index is 11.9. The highest BCUT2D eigenvalue weighted by Crippen LogP contribution is 2.45. The Hall–Kier alpha value is -1.83. The number of halogens is 2. The molecule has 2 amide bonds. The molecule has 2 aliphatic heterocycles. The standard InChI is InChI=1S/C22H24BrClN4O2/c1-30-20-18-13(11-16(26-20)14-3-2-4-15(23)19(14)24)5-6-17(18)28-10-8-22(12-28)7-9-25-21(29)27-22/h2-4,11,17H,5-10,12H2,1H3,(H2,25,27,29)/t17-,22+/m1/s1. The van der Waals surface area contributed by atoms with Gasteiger partial charge in [0, 0.05) is 41.3 Å². The number of ether oxygens (including phenoxy) is 1. The zero-order chi connectivity index (χ0) is 20.9. The fourth-order valence-electron chi connectivity index (χ4n) is 5.18. The van der Waals surface area contributed by atoms with Gasteiger partial charge in [-0.2, -0.15) is 0 Å². The Morgan fingerprint density at radius 2 is 2.23 bits per heavy atom. The number of urea groups is 1. The summed E-state index contributed by atoms with van der Waals surface area (Å²) in [6.07, 6.45) is 3.96. The summed E-state index contributed by atoms with van der Waals surface area (Å²) in [5.74, 6) is 0.677. The molecular weight excluding hydrogens is 468 g/mol. The van der Waals surface area contributed by atoms with Gasteiger partial charge in [-0.25, -0.2) is 9.78 Å². The number of fused-ring (bicyclic) bond motifs is 1. The van der Waals surface area contributed by atoms with Gasteiger partial charge in [-0.05, 0) is 59.3 Å². The first-order valence-corrected chi connectivity index (χ1v) is 11.5. The highest BCUT2D eigenvalue weighted by molar-refractivity contribution is 9.10. The third-order valence-electron chi connectivity index (χ3n) is 6.64. The lowest BCUT2D eigenvalue weighted by atomic mass is 9.93. The van der Waals surface area contributed by atoms with Gasteiger partial charge >= 0.3 is 6.03 Å². The van der Waals surface area contributed by atoms with E-state index in [0.717, 1.165) is 61.0 Å². The first-order chi connectivity index (χ1) is 14.5. The van der Waals surface area contributed by atoms with Crippen molar-refractivity contribution in [3.63, 3.8) is 0 Å². The van der Waals surface area contributed by atoms with Crippen LogP contribution in [0.1, 0.15) is 36.4 Å². The van der Waals surface area contributed by atoms with Crippen molar-refractivity contribution < 1.29 is 9.53 Å². The predicted octanol–water partition coefficient (Wildman–Crippen LogP) is 4.31. The van der Waals surface area contributed by atoms with Crippen LogP contribution in [0.3, 0.4) is 0 Å². The summed E-state index contributed by atoms with van der Waals surface area (Å²) in [4.78, 5) is 19.2. The van der Waals surface area contributed by atoms with Crippen LogP contribution in [0, 0.1) is 0 Å². The van der Waals surface area contributed by atoms with Gasteiger partial charge in [0.15, 0.2) is 0 Å². The second-order valence-corrected chi connectivity index (χ2v) is 9.61. The second kappa shape index (κ2) is 7.70. The molecule has 2 atom stereocenters. The Kier molecular flexibility index (Phi) is 5.16. The number of aryl methyl sites for hydroxylation is 1. The summed E-state index contributed by atoms with van der Waals surface area (Å²) < 4.78 is 6.61. The summed E-state index contributed by atoms with van der Waals surface area (Å²) in [5.41, 5.74) is 4.07. The van der Waals surface area contributed by atoms with E-state index < -0.39 is 0 Å². The maximum atomic E-state index is 11.9. The number of rotatable bonds is 3. The molecule has 5 rings (SSSR count). The van der Waals surface area contributed by atoms with E-state index in [2.05, 4.69) is 37.5 Å². The van der Waals surface area contributed by atoms with E-state index in [1.54, 1.807) is 7.11 Å². The number of hydrogen-bond acceptors (Lipinski definition) is 4. The van der Waals surface area contributed by atoms with E-state index in [0.29, 0.717) is 10.9 Å². The van der Waals surface area contributed by atoms with Crippen LogP contribution >= 0.6 is 27.5 Å². The summed E-state index contributed by atoms with van der Waals surface area (Å²) in [6.45, 7) is 2.57. The Labute approximate surface area is 189 Å². The van der Waals surface area contributed by atoms with Crippen LogP contribution in [-0.2, 0) is 6.42 Å². The van der Waals surface area contributed by atoms with Gasteiger partial charge in [0.05, 0.1) is 23.4 Å². The molecule has 0 bridgehead atoms. The normalized spacial score (nSPS) is 25.8. The van der Waals surface area contributed by atoms with Crippen molar-refractivity contribution in [3.05, 3.63) is 44.9 Å². The van der Waals surface area contributed by atoms with Crippen molar-refractivity contribution >= 4 is 33.6 Å². The van der Waals surface area contributed by atoms with Gasteiger partial charge < -0.3 is 15.4 Å². The van der Waals surface area contributed by atoms with E-state index >= 15 is 0 Å². The number of pyridine rings is 1. The molecule has 1 aromatic carbocycles. The predicted molar refractivity (Wildman–Crippen MR) is 120 cm³/mol. The van der Waals surface area contributed by atoms with E-state index in [9.17, 15) is 4.79 Å². The Morgan fingerprint density at radius 3 is 3.03 bits per heavy atom. The molecule has 3 aliphatic rings. The van der Waals surface area contributed by atoms with Crippen molar-refractivity contribution in [1.29, 1.82) is 0 Å². The quantitative estimate of drug-likeness (QED) is 0.671. The number of nitrogens with one attached hydrogen (secondary N) is 2. The summed E-state index contributed by atoms with van der Waals surface area (Å²) in [6, 6.07) is 8.24. The average Bonchev–Trinajstić information content (AvgIpc) is 3.33. The molecule has 0 saturated carbocycles. The van der Waals surface area contributed by atoms with Gasteiger partial charge in [0.2, 0.25) is 5.88 Å². The molecule has 8 heteroatoms. The van der Waals surface area contributed by atoms with Gasteiger partial charge in [0.25, 0.3) is 0 Å². The molecule has 1 spiro atoms. The summed E-state index contributed by atoms with van der Waals surface area (Å²) in [7, 11) is 1.68. The molecule has 6 nitrogen and oxygen atoms in total. The van der Waals surface area contributed by atoms with E-state index in [1.165, 1.54) is 11.1 Å². The van der Waals surface area contributed by atoms with Crippen molar-refractivity contribution in [2.45, 2.75) is 37.3 Å². The summed E-state index contributed by atoms with van der Waals surface area (Å²) in [5, 5.41) is 6.71. The number of benzene rings is 1. The first kappa shape index (κ1) is 20.1. The number of carbonyl (C=O) groups excluding carboxylic acids is 1. The zero-order valence-electron chi connectivity index (χ0n) is 16.8. The van der Waals surface area contributed by atoms with Crippen molar-refractivity contribution in [1.82, 2.24) is 20.5 Å². The highest BCUT2D eigenvalue weighted by Gasteiger charge is 2.45. The van der Waals surface area contributed by atoms with Crippen molar-refractivity contribution in [3.8, 4) is 17.1 Å². The Balaban J connectivity index is 1.47. The van der Waals surface area contributed by atoms with Crippen LogP contribution in [0.25, 0.3) is 11.3 Å². The molecule has 1 aliphatic carbocycles. The van der Waals surface area contributed by atoms with Crippen molar-refractivity contribution in [2.75, 3.05) is 26.7 Å². The largest absolute Gasteiger partial charge is 0.481 e. The van der Waals surface area contributed by atoms with E-state index in [4.69, 9.17) is 21.3 Å². The molecular formula is C22H24BrClN4O2. The van der Waals surface area contributed by atoms with Gasteiger partial charge in [0.1, 0.15) is 0 Å². The fraction of sp³-hybridized carbons (Fsp3) is 0.455. The van der Waals surface area contributed by atoms with Crippen LogP contribution < -0.4 is 15.4 Å². The Morgan fingerprint density at radius 1 is 1.37 bits per heavy atom. The van der Waals surface area contributed by atoms with Crippen LogP contribution in [0.4, 0.5) is 4.79 Å². The molecule has 3 heterocycles. The van der Waals surface area contributed by atoms with Gasteiger partial charge in [-0.1, -0.05) is 23.7 Å². The summed E-state index contributed by atoms with van der Waals surface area (Å²) >= 11 is 10.0. The van der Waals surface area contributed by atoms with Crippen LogP contribution in [0.2, 0.25) is 5.02 Å². The van der Waals surface area contributed by atoms with Crippen LogP contribution in [0.15, 0.2) is 28.7 Å². The average molecular weight is 492 g/mol. The number of nitrogens with zero attached hydrogens (tertiary/aromatic N) is 2. The lowest BCUT2D eigenvalue weighted by Gasteiger charge is -2.36. The number of amides is 2. The minimum absolute atomic E-state index is 0.0512. The fourth-order valence-corrected chi connectivity index (χ4v) is 5.77. The van der Waals surface area contributed by atoms with Gasteiger partial charge in [-0.15, -0.1) is 0 Å². The minimum atomic E-state index is -0.116. The topological polar surface area (TPSA) is 66.5 Å². The Bertz CT molecular complexity index is 1020. The maximum Gasteiger partial charge on any atom is 0.315 e. The van der Waals surface area contributed by atoms with Crippen LogP contribution in [0.5, 0.6) is 5.88 Å². The van der Waals surface area contributed by atoms with Crippen molar-refractivity contribution in [2.24, 2.45) is 0 Å². The number of likely N-dealkylation sites (tertiary alicyclic amines) is 1. The molecule has 0 radical (unpaired) electrons. The molecule has 158 valence electrons. The number of aromatic nitrogens is 1. The lowest BCUT2D eigenvalue weighted by molar-refractivity contribution is 0.187. The number of hydrogen-bond donors (Lipinski definition) is 2. The lowest BCUT2D eigenvalue weighted by Crippen LogP contribution is -2.59. The SMILES string of the molecule is COc1nc(-c2cccc(Br)c2Cl)cc2c1[C@H](N1CC[C@@]3(CCNC(=O)N3)C1)CC2. The molecule has 2 N–H and O–H groups in total. The van der Waals surface area contributed by atoms with Crippen LogP contribution in [-0.4, -0.2) is 48.2 Å². The number of methoxy groups -OCH3 is 1. The third-order valence-corrected chi connectivity index (χ3v) is 7.94. The first-order valence-electron chi connectivity index (χ1n) is 10.3. The minimum Gasteiger partial charge on any atom is -0.481 e. The number of carbonyl (C=O) groups is 1. The molecule has 30 heavy (non-hydrogen) atoms. The molecule has 2 saturated heterocycles. The monoisotopic (exact) mass is 490 g/mol.